The Balaban J connectivity index is 2.11. The third-order valence-corrected chi connectivity index (χ3v) is 4.31. The van der Waals surface area contributed by atoms with Gasteiger partial charge in [-0.3, -0.25) is 0 Å². The van der Waals surface area contributed by atoms with Crippen LogP contribution in [0.2, 0.25) is 0 Å². The minimum absolute atomic E-state index is 0.167. The Kier molecular flexibility index (Phi) is 4.76. The highest BCUT2D eigenvalue weighted by Gasteiger charge is 2.32. The Morgan fingerprint density at radius 3 is 2.24 bits per heavy atom. The van der Waals surface area contributed by atoms with Gasteiger partial charge in [-0.25, -0.2) is 4.39 Å². The Hall–Kier alpha value is -1.30. The molecule has 0 aliphatic heterocycles. The molecule has 118 valence electrons. The highest BCUT2D eigenvalue weighted by Crippen LogP contribution is 2.33. The van der Waals surface area contributed by atoms with E-state index in [0.717, 1.165) is 31.7 Å². The number of nitrogens with zero attached hydrogens (tertiary/aromatic N) is 1. The van der Waals surface area contributed by atoms with Gasteiger partial charge in [-0.1, -0.05) is 0 Å². The van der Waals surface area contributed by atoms with E-state index in [1.807, 2.05) is 7.05 Å². The molecule has 1 aromatic rings. The molecule has 0 unspecified atom stereocenters. The molecule has 1 aromatic carbocycles. The van der Waals surface area contributed by atoms with Gasteiger partial charge in [0.2, 0.25) is 0 Å². The van der Waals surface area contributed by atoms with Crippen LogP contribution in [0.3, 0.4) is 0 Å². The minimum Gasteiger partial charge on any atom is -0.369 e. The number of halogens is 4. The summed E-state index contributed by atoms with van der Waals surface area (Å²) < 4.78 is 51.6. The number of benzene rings is 1. The second kappa shape index (κ2) is 6.22. The van der Waals surface area contributed by atoms with Crippen molar-refractivity contribution in [3.8, 4) is 0 Å². The molecule has 0 aromatic heterocycles. The Morgan fingerprint density at radius 2 is 1.76 bits per heavy atom. The van der Waals surface area contributed by atoms with Gasteiger partial charge in [0, 0.05) is 19.1 Å². The van der Waals surface area contributed by atoms with E-state index in [-0.39, 0.29) is 11.7 Å². The maximum Gasteiger partial charge on any atom is 0.416 e. The highest BCUT2D eigenvalue weighted by molar-refractivity contribution is 5.50. The van der Waals surface area contributed by atoms with Crippen LogP contribution in [-0.2, 0) is 6.18 Å². The molecule has 0 atom stereocenters. The van der Waals surface area contributed by atoms with Crippen molar-refractivity contribution in [2.24, 2.45) is 0 Å². The molecule has 1 aliphatic rings. The fourth-order valence-electron chi connectivity index (χ4n) is 2.92. The van der Waals surface area contributed by atoms with E-state index >= 15 is 0 Å². The summed E-state index contributed by atoms with van der Waals surface area (Å²) in [6.45, 7) is 0. The van der Waals surface area contributed by atoms with E-state index in [9.17, 15) is 17.6 Å². The average Bonchev–Trinajstić information content (AvgIpc) is 2.45. The first-order valence-electron chi connectivity index (χ1n) is 7.09. The Morgan fingerprint density at radius 1 is 1.14 bits per heavy atom. The van der Waals surface area contributed by atoms with Crippen LogP contribution < -0.4 is 10.2 Å². The molecule has 1 fully saturated rings. The lowest BCUT2D eigenvalue weighted by Crippen LogP contribution is -2.40. The van der Waals surface area contributed by atoms with E-state index in [1.165, 1.54) is 6.07 Å². The number of rotatable bonds is 3. The zero-order chi connectivity index (χ0) is 15.6. The summed E-state index contributed by atoms with van der Waals surface area (Å²) in [5, 5.41) is 3.22. The predicted molar refractivity (Wildman–Crippen MR) is 74.9 cm³/mol. The third-order valence-electron chi connectivity index (χ3n) is 4.31. The summed E-state index contributed by atoms with van der Waals surface area (Å²) in [5.41, 5.74) is -0.716. The molecule has 1 aliphatic carbocycles. The van der Waals surface area contributed by atoms with Gasteiger partial charge in [0.05, 0.1) is 11.3 Å². The molecule has 2 rings (SSSR count). The largest absolute Gasteiger partial charge is 0.416 e. The number of alkyl halides is 3. The second-order valence-electron chi connectivity index (χ2n) is 5.57. The van der Waals surface area contributed by atoms with Crippen molar-refractivity contribution >= 4 is 5.69 Å². The number of anilines is 1. The SMILES string of the molecule is CNC1CCC(N(C)c2ccc(C(F)(F)F)cc2F)CC1. The smallest absolute Gasteiger partial charge is 0.369 e. The molecule has 21 heavy (non-hydrogen) atoms. The molecule has 1 N–H and O–H groups in total. The van der Waals surface area contributed by atoms with Crippen molar-refractivity contribution in [3.63, 3.8) is 0 Å². The summed E-state index contributed by atoms with van der Waals surface area (Å²) in [6.07, 6.45) is -0.713. The predicted octanol–water partition coefficient (Wildman–Crippen LogP) is 3.81. The first-order valence-corrected chi connectivity index (χ1v) is 7.09. The standard InChI is InChI=1S/C15H20F4N2/c1-20-11-4-6-12(7-5-11)21(2)14-8-3-10(9-13(14)16)15(17,18)19/h3,8-9,11-12,20H,4-7H2,1-2H3. The zero-order valence-corrected chi connectivity index (χ0v) is 12.2. The Labute approximate surface area is 122 Å². The van der Waals surface area contributed by atoms with Gasteiger partial charge in [-0.2, -0.15) is 13.2 Å². The highest BCUT2D eigenvalue weighted by atomic mass is 19.4. The van der Waals surface area contributed by atoms with Crippen molar-refractivity contribution in [1.29, 1.82) is 0 Å². The average molecular weight is 304 g/mol. The molecule has 0 saturated heterocycles. The van der Waals surface area contributed by atoms with Gasteiger partial charge in [-0.15, -0.1) is 0 Å². The van der Waals surface area contributed by atoms with Gasteiger partial charge in [-0.05, 0) is 50.9 Å². The van der Waals surface area contributed by atoms with Crippen molar-refractivity contribution < 1.29 is 17.6 Å². The number of hydrogen-bond donors (Lipinski definition) is 1. The molecule has 2 nitrogen and oxygen atoms in total. The molecule has 6 heteroatoms. The van der Waals surface area contributed by atoms with Gasteiger partial charge in [0.25, 0.3) is 0 Å². The van der Waals surface area contributed by atoms with E-state index in [0.29, 0.717) is 12.1 Å². The van der Waals surface area contributed by atoms with Crippen molar-refractivity contribution in [2.45, 2.75) is 43.9 Å². The third kappa shape index (κ3) is 3.67. The summed E-state index contributed by atoms with van der Waals surface area (Å²) in [4.78, 5) is 1.77. The van der Waals surface area contributed by atoms with Crippen molar-refractivity contribution in [3.05, 3.63) is 29.6 Å². The molecule has 0 bridgehead atoms. The Bertz CT molecular complexity index is 479. The molecule has 0 heterocycles. The maximum atomic E-state index is 14.0. The van der Waals surface area contributed by atoms with Crippen molar-refractivity contribution in [1.82, 2.24) is 5.32 Å². The van der Waals surface area contributed by atoms with Crippen LogP contribution in [0.1, 0.15) is 31.2 Å². The quantitative estimate of drug-likeness (QED) is 0.854. The van der Waals surface area contributed by atoms with E-state index in [4.69, 9.17) is 0 Å². The maximum absolute atomic E-state index is 14.0. The normalized spacial score (nSPS) is 23.1. The van der Waals surface area contributed by atoms with Gasteiger partial charge < -0.3 is 10.2 Å². The zero-order valence-electron chi connectivity index (χ0n) is 12.2. The minimum atomic E-state index is -4.51. The van der Waals surface area contributed by atoms with E-state index in [2.05, 4.69) is 5.32 Å². The molecule has 0 radical (unpaired) electrons. The first kappa shape index (κ1) is 16.1. The lowest BCUT2D eigenvalue weighted by molar-refractivity contribution is -0.137. The van der Waals surface area contributed by atoms with Gasteiger partial charge in [0.15, 0.2) is 0 Å². The van der Waals surface area contributed by atoms with Gasteiger partial charge >= 0.3 is 6.18 Å². The summed E-state index contributed by atoms with van der Waals surface area (Å²) in [6, 6.07) is 3.38. The van der Waals surface area contributed by atoms with Crippen LogP contribution in [0.4, 0.5) is 23.2 Å². The summed E-state index contributed by atoms with van der Waals surface area (Å²) in [5.74, 6) is -0.817. The number of hydrogen-bond acceptors (Lipinski definition) is 2. The summed E-state index contributed by atoms with van der Waals surface area (Å²) in [7, 11) is 3.67. The lowest BCUT2D eigenvalue weighted by Gasteiger charge is -2.36. The molecular weight excluding hydrogens is 284 g/mol. The van der Waals surface area contributed by atoms with Crippen LogP contribution >= 0.6 is 0 Å². The number of nitrogens with one attached hydrogen (secondary N) is 1. The topological polar surface area (TPSA) is 15.3 Å². The van der Waals surface area contributed by atoms with Crippen LogP contribution in [0.5, 0.6) is 0 Å². The summed E-state index contributed by atoms with van der Waals surface area (Å²) >= 11 is 0. The van der Waals surface area contributed by atoms with E-state index in [1.54, 1.807) is 11.9 Å². The fourth-order valence-corrected chi connectivity index (χ4v) is 2.92. The van der Waals surface area contributed by atoms with E-state index < -0.39 is 17.6 Å². The molecule has 0 amide bonds. The van der Waals surface area contributed by atoms with Crippen molar-refractivity contribution in [2.75, 3.05) is 19.0 Å². The monoisotopic (exact) mass is 304 g/mol. The molecule has 0 spiro atoms. The van der Waals surface area contributed by atoms with Gasteiger partial charge in [0.1, 0.15) is 5.82 Å². The van der Waals surface area contributed by atoms with Crippen LogP contribution in [0, 0.1) is 5.82 Å². The first-order chi connectivity index (χ1) is 9.82. The fraction of sp³-hybridized carbons (Fsp3) is 0.600. The van der Waals surface area contributed by atoms with Crippen LogP contribution in [0.15, 0.2) is 18.2 Å². The molecular formula is C15H20F4N2. The molecule has 1 saturated carbocycles. The second-order valence-corrected chi connectivity index (χ2v) is 5.57. The lowest BCUT2D eigenvalue weighted by atomic mass is 9.90. The van der Waals surface area contributed by atoms with Crippen LogP contribution in [0.25, 0.3) is 0 Å². The van der Waals surface area contributed by atoms with Crippen LogP contribution in [-0.4, -0.2) is 26.2 Å².